The van der Waals surface area contributed by atoms with Crippen LogP contribution in [0.25, 0.3) is 10.2 Å². The molecule has 0 bridgehead atoms. The van der Waals surface area contributed by atoms with Gasteiger partial charge in [0.25, 0.3) is 0 Å². The number of nitrogens with one attached hydrogen (secondary N) is 1. The number of para-hydroxylation sites is 1. The van der Waals surface area contributed by atoms with Crippen molar-refractivity contribution < 1.29 is 4.74 Å². The van der Waals surface area contributed by atoms with Crippen LogP contribution in [0.4, 0.5) is 0 Å². The molecule has 0 fully saturated rings. The van der Waals surface area contributed by atoms with Crippen molar-refractivity contribution in [2.24, 2.45) is 0 Å². The van der Waals surface area contributed by atoms with Gasteiger partial charge in [-0.15, -0.1) is 11.3 Å². The predicted molar refractivity (Wildman–Crippen MR) is 72.6 cm³/mol. The minimum absolute atomic E-state index is 0.187. The van der Waals surface area contributed by atoms with E-state index in [9.17, 15) is 0 Å². The van der Waals surface area contributed by atoms with Crippen LogP contribution in [-0.2, 0) is 11.2 Å². The number of ether oxygens (including phenoxy) is 1. The van der Waals surface area contributed by atoms with Gasteiger partial charge in [-0.25, -0.2) is 4.98 Å². The van der Waals surface area contributed by atoms with Crippen LogP contribution in [0.15, 0.2) is 24.3 Å². The van der Waals surface area contributed by atoms with Gasteiger partial charge in [-0.3, -0.25) is 0 Å². The highest BCUT2D eigenvalue weighted by molar-refractivity contribution is 7.18. The maximum Gasteiger partial charge on any atom is 0.0955 e. The fraction of sp³-hybridized carbons (Fsp3) is 0.462. The van der Waals surface area contributed by atoms with Gasteiger partial charge in [0.05, 0.1) is 21.3 Å². The third-order valence-corrected chi connectivity index (χ3v) is 4.10. The molecule has 0 aliphatic rings. The van der Waals surface area contributed by atoms with Gasteiger partial charge in [0.2, 0.25) is 0 Å². The Bertz CT molecular complexity index is 450. The first-order chi connectivity index (χ1) is 8.24. The first-order valence-electron chi connectivity index (χ1n) is 5.79. The Morgan fingerprint density at radius 1 is 1.41 bits per heavy atom. The second-order valence-electron chi connectivity index (χ2n) is 4.12. The molecule has 17 heavy (non-hydrogen) atoms. The SMILES string of the molecule is CNC(Cc1nc2ccccc2s1)C(C)OC. The molecular weight excluding hydrogens is 232 g/mol. The van der Waals surface area contributed by atoms with E-state index in [2.05, 4.69) is 35.4 Å². The summed E-state index contributed by atoms with van der Waals surface area (Å²) in [7, 11) is 3.71. The van der Waals surface area contributed by atoms with Crippen LogP contribution >= 0.6 is 11.3 Å². The molecular formula is C13H18N2OS. The van der Waals surface area contributed by atoms with E-state index in [1.165, 1.54) is 4.70 Å². The average Bonchev–Trinajstić information content (AvgIpc) is 2.77. The Hall–Kier alpha value is -0.970. The molecule has 92 valence electrons. The molecule has 2 aromatic rings. The fourth-order valence-corrected chi connectivity index (χ4v) is 2.89. The number of hydrogen-bond donors (Lipinski definition) is 1. The van der Waals surface area contributed by atoms with Crippen molar-refractivity contribution in [1.29, 1.82) is 0 Å². The predicted octanol–water partition coefficient (Wildman–Crippen LogP) is 2.46. The van der Waals surface area contributed by atoms with Crippen molar-refractivity contribution >= 4 is 21.6 Å². The number of nitrogens with zero attached hydrogens (tertiary/aromatic N) is 1. The third kappa shape index (κ3) is 2.83. The Labute approximate surface area is 106 Å². The number of fused-ring (bicyclic) bond motifs is 1. The molecule has 0 aliphatic heterocycles. The lowest BCUT2D eigenvalue weighted by atomic mass is 10.1. The van der Waals surface area contributed by atoms with E-state index in [-0.39, 0.29) is 6.10 Å². The van der Waals surface area contributed by atoms with Gasteiger partial charge in [-0.1, -0.05) is 12.1 Å². The van der Waals surface area contributed by atoms with Gasteiger partial charge in [0, 0.05) is 19.6 Å². The summed E-state index contributed by atoms with van der Waals surface area (Å²) >= 11 is 1.76. The smallest absolute Gasteiger partial charge is 0.0955 e. The van der Waals surface area contributed by atoms with Gasteiger partial charge >= 0.3 is 0 Å². The van der Waals surface area contributed by atoms with E-state index in [1.54, 1.807) is 18.4 Å². The zero-order chi connectivity index (χ0) is 12.3. The molecule has 2 atom stereocenters. The minimum atomic E-state index is 0.187. The van der Waals surface area contributed by atoms with Crippen molar-refractivity contribution in [3.05, 3.63) is 29.3 Å². The lowest BCUT2D eigenvalue weighted by molar-refractivity contribution is 0.0857. The summed E-state index contributed by atoms with van der Waals surface area (Å²) in [4.78, 5) is 4.64. The van der Waals surface area contributed by atoms with Gasteiger partial charge in [-0.05, 0) is 26.1 Å². The fourth-order valence-electron chi connectivity index (χ4n) is 1.86. The number of likely N-dealkylation sites (N-methyl/N-ethyl adjacent to an activating group) is 1. The lowest BCUT2D eigenvalue weighted by Gasteiger charge is -2.21. The van der Waals surface area contributed by atoms with E-state index in [0.29, 0.717) is 6.04 Å². The summed E-state index contributed by atoms with van der Waals surface area (Å²) in [6.45, 7) is 2.08. The van der Waals surface area contributed by atoms with Crippen molar-refractivity contribution in [3.8, 4) is 0 Å². The number of aromatic nitrogens is 1. The second kappa shape index (κ2) is 5.58. The topological polar surface area (TPSA) is 34.2 Å². The average molecular weight is 250 g/mol. The number of hydrogen-bond acceptors (Lipinski definition) is 4. The van der Waals surface area contributed by atoms with Crippen LogP contribution in [0.1, 0.15) is 11.9 Å². The Morgan fingerprint density at radius 3 is 2.82 bits per heavy atom. The normalized spacial score (nSPS) is 15.0. The van der Waals surface area contributed by atoms with E-state index in [1.807, 2.05) is 13.1 Å². The molecule has 3 nitrogen and oxygen atoms in total. The highest BCUT2D eigenvalue weighted by Gasteiger charge is 2.17. The van der Waals surface area contributed by atoms with E-state index < -0.39 is 0 Å². The monoisotopic (exact) mass is 250 g/mol. The Morgan fingerprint density at radius 2 is 2.18 bits per heavy atom. The van der Waals surface area contributed by atoms with Crippen molar-refractivity contribution in [3.63, 3.8) is 0 Å². The van der Waals surface area contributed by atoms with Crippen LogP contribution < -0.4 is 5.32 Å². The maximum absolute atomic E-state index is 5.36. The van der Waals surface area contributed by atoms with E-state index >= 15 is 0 Å². The van der Waals surface area contributed by atoms with Crippen molar-refractivity contribution in [1.82, 2.24) is 10.3 Å². The molecule has 0 saturated carbocycles. The molecule has 0 saturated heterocycles. The van der Waals surface area contributed by atoms with Gasteiger partial charge < -0.3 is 10.1 Å². The summed E-state index contributed by atoms with van der Waals surface area (Å²) in [5.74, 6) is 0. The summed E-state index contributed by atoms with van der Waals surface area (Å²) in [6, 6.07) is 8.56. The van der Waals surface area contributed by atoms with E-state index in [0.717, 1.165) is 16.9 Å². The van der Waals surface area contributed by atoms with Gasteiger partial charge in [0.15, 0.2) is 0 Å². The molecule has 0 amide bonds. The second-order valence-corrected chi connectivity index (χ2v) is 5.23. The molecule has 0 radical (unpaired) electrons. The molecule has 2 rings (SSSR count). The molecule has 1 N–H and O–H groups in total. The number of rotatable bonds is 5. The number of benzene rings is 1. The zero-order valence-electron chi connectivity index (χ0n) is 10.4. The first kappa shape index (κ1) is 12.5. The number of methoxy groups -OCH3 is 1. The molecule has 0 aliphatic carbocycles. The summed E-state index contributed by atoms with van der Waals surface area (Å²) in [6.07, 6.45) is 1.09. The van der Waals surface area contributed by atoms with Crippen molar-refractivity contribution in [2.45, 2.75) is 25.5 Å². The largest absolute Gasteiger partial charge is 0.380 e. The van der Waals surface area contributed by atoms with Gasteiger partial charge in [-0.2, -0.15) is 0 Å². The molecule has 1 aromatic heterocycles. The Kier molecular flexibility index (Phi) is 4.10. The number of thiazole rings is 1. The van der Waals surface area contributed by atoms with Gasteiger partial charge in [0.1, 0.15) is 0 Å². The Balaban J connectivity index is 2.16. The highest BCUT2D eigenvalue weighted by Crippen LogP contribution is 2.23. The molecule has 0 spiro atoms. The quantitative estimate of drug-likeness (QED) is 0.885. The highest BCUT2D eigenvalue weighted by atomic mass is 32.1. The summed E-state index contributed by atoms with van der Waals surface area (Å²) in [5.41, 5.74) is 1.09. The van der Waals surface area contributed by atoms with Crippen LogP contribution in [0.5, 0.6) is 0 Å². The van der Waals surface area contributed by atoms with Crippen LogP contribution in [0, 0.1) is 0 Å². The van der Waals surface area contributed by atoms with Crippen LogP contribution in [0.3, 0.4) is 0 Å². The van der Waals surface area contributed by atoms with Crippen molar-refractivity contribution in [2.75, 3.05) is 14.2 Å². The van der Waals surface area contributed by atoms with E-state index in [4.69, 9.17) is 4.74 Å². The maximum atomic E-state index is 5.36. The summed E-state index contributed by atoms with van der Waals surface area (Å²) in [5, 5.41) is 4.45. The molecule has 1 aromatic carbocycles. The molecule has 4 heteroatoms. The van der Waals surface area contributed by atoms with Crippen LogP contribution in [0.2, 0.25) is 0 Å². The standard InChI is InChI=1S/C13H18N2OS/c1-9(16-3)11(14-2)8-13-15-10-6-4-5-7-12(10)17-13/h4-7,9,11,14H,8H2,1-3H3. The first-order valence-corrected chi connectivity index (χ1v) is 6.60. The third-order valence-electron chi connectivity index (χ3n) is 3.04. The molecule has 2 unspecified atom stereocenters. The zero-order valence-corrected chi connectivity index (χ0v) is 11.3. The summed E-state index contributed by atoms with van der Waals surface area (Å²) < 4.78 is 6.62. The molecule has 1 heterocycles. The van der Waals surface area contributed by atoms with Crippen LogP contribution in [-0.4, -0.2) is 31.3 Å². The minimum Gasteiger partial charge on any atom is -0.380 e. The lowest BCUT2D eigenvalue weighted by Crippen LogP contribution is -2.38.